The zero-order chi connectivity index (χ0) is 32.6. The Morgan fingerprint density at radius 2 is 1.82 bits per heavy atom. The smallest absolute Gasteiger partial charge is 0.235 e. The predicted molar refractivity (Wildman–Crippen MR) is 162 cm³/mol. The van der Waals surface area contributed by atoms with Crippen LogP contribution in [0.3, 0.4) is 0 Å². The number of ketones is 4. The van der Waals surface area contributed by atoms with E-state index in [0.717, 1.165) is 25.1 Å². The number of rotatable bonds is 10. The van der Waals surface area contributed by atoms with Crippen LogP contribution in [-0.4, -0.2) is 95.0 Å². The van der Waals surface area contributed by atoms with Crippen LogP contribution in [0.15, 0.2) is 6.07 Å². The molecule has 2 unspecified atom stereocenters. The van der Waals surface area contributed by atoms with Crippen molar-refractivity contribution in [2.24, 2.45) is 40.7 Å². The number of nitrogens with two attached hydrogens (primary N) is 1. The highest BCUT2D eigenvalue weighted by atomic mass is 16.5. The van der Waals surface area contributed by atoms with E-state index in [-0.39, 0.29) is 24.2 Å². The van der Waals surface area contributed by atoms with Crippen LogP contribution in [0, 0.1) is 35.0 Å². The van der Waals surface area contributed by atoms with Gasteiger partial charge >= 0.3 is 0 Å². The van der Waals surface area contributed by atoms with Gasteiger partial charge in [-0.3, -0.25) is 33.8 Å². The van der Waals surface area contributed by atoms with Gasteiger partial charge in [-0.1, -0.05) is 13.3 Å². The number of nitrogens with zero attached hydrogens (tertiary/aromatic N) is 2. The first-order valence-corrected chi connectivity index (χ1v) is 16.3. The standard InChI is InChI=1S/C34H45N3O8/c1-5-33(9-6-10-33)16-37(14-17-7-8-17)15-19-13-22(38)24-20(29(19)45-4)11-18-12-21-26(36(2)3)28(40)25(32(35)43)31(42)34(21,44)30(41)23(18)27(24)39/h13,17-18,21,23,25-26,38,44H,5-12,14-16H2,1-4H3,(H2,35,43)/t18-,21-,23?,25?,26-,34-/m0/s1. The summed E-state index contributed by atoms with van der Waals surface area (Å²) in [5.41, 5.74) is 4.19. The van der Waals surface area contributed by atoms with Crippen molar-refractivity contribution < 1.29 is 38.9 Å². The second-order valence-corrected chi connectivity index (χ2v) is 14.6. The number of aromatic hydroxyl groups is 1. The summed E-state index contributed by atoms with van der Waals surface area (Å²) in [6.07, 6.45) is 7.36. The van der Waals surface area contributed by atoms with Gasteiger partial charge in [0.1, 0.15) is 11.5 Å². The van der Waals surface area contributed by atoms with Crippen molar-refractivity contribution in [3.8, 4) is 11.5 Å². The molecule has 4 saturated carbocycles. The van der Waals surface area contributed by atoms with E-state index in [1.807, 2.05) is 0 Å². The Hall–Kier alpha value is -3.15. The van der Waals surface area contributed by atoms with Crippen LogP contribution in [-0.2, 0) is 32.1 Å². The number of primary amides is 1. The molecule has 6 rings (SSSR count). The van der Waals surface area contributed by atoms with E-state index in [0.29, 0.717) is 29.2 Å². The van der Waals surface area contributed by atoms with E-state index < -0.39 is 64.4 Å². The second-order valence-electron chi connectivity index (χ2n) is 14.6. The van der Waals surface area contributed by atoms with E-state index >= 15 is 0 Å². The Labute approximate surface area is 263 Å². The lowest BCUT2D eigenvalue weighted by Crippen LogP contribution is -2.74. The van der Waals surface area contributed by atoms with Crippen molar-refractivity contribution in [1.29, 1.82) is 0 Å². The molecule has 0 saturated heterocycles. The molecule has 244 valence electrons. The average Bonchev–Trinajstić information content (AvgIpc) is 3.76. The number of benzene rings is 1. The van der Waals surface area contributed by atoms with Gasteiger partial charge in [0.2, 0.25) is 5.91 Å². The first kappa shape index (κ1) is 31.8. The normalized spacial score (nSPS) is 32.2. The quantitative estimate of drug-likeness (QED) is 0.326. The van der Waals surface area contributed by atoms with Crippen molar-refractivity contribution in [3.63, 3.8) is 0 Å². The molecule has 5 aliphatic rings. The van der Waals surface area contributed by atoms with Crippen LogP contribution in [0.5, 0.6) is 11.5 Å². The van der Waals surface area contributed by atoms with Crippen LogP contribution in [0.25, 0.3) is 0 Å². The zero-order valence-electron chi connectivity index (χ0n) is 26.6. The Bertz CT molecular complexity index is 1460. The van der Waals surface area contributed by atoms with Crippen molar-refractivity contribution in [2.45, 2.75) is 76.5 Å². The third-order valence-electron chi connectivity index (χ3n) is 11.6. The Morgan fingerprint density at radius 1 is 1.13 bits per heavy atom. The molecular weight excluding hydrogens is 578 g/mol. The Kier molecular flexibility index (Phi) is 7.97. The number of Topliss-reactive ketones (excluding diaryl/α,β-unsaturated/α-hetero) is 4. The molecule has 1 aromatic rings. The fourth-order valence-corrected chi connectivity index (χ4v) is 8.95. The van der Waals surface area contributed by atoms with Gasteiger partial charge in [0, 0.05) is 36.7 Å². The number of carbonyl (C=O) groups is 5. The van der Waals surface area contributed by atoms with Gasteiger partial charge < -0.3 is 20.7 Å². The predicted octanol–water partition coefficient (Wildman–Crippen LogP) is 1.67. The molecule has 0 heterocycles. The molecule has 5 aliphatic carbocycles. The number of ether oxygens (including phenoxy) is 1. The number of aliphatic hydroxyl groups is 1. The van der Waals surface area contributed by atoms with E-state index in [1.54, 1.807) is 20.2 Å². The third kappa shape index (κ3) is 4.93. The molecular formula is C34H45N3O8. The molecule has 0 aromatic heterocycles. The molecule has 11 nitrogen and oxygen atoms in total. The fourth-order valence-electron chi connectivity index (χ4n) is 8.95. The Balaban J connectivity index is 1.38. The molecule has 0 bridgehead atoms. The number of hydrogen-bond acceptors (Lipinski definition) is 10. The Morgan fingerprint density at radius 3 is 2.36 bits per heavy atom. The fraction of sp³-hybridized carbons (Fsp3) is 0.676. The number of fused-ring (bicyclic) bond motifs is 3. The van der Waals surface area contributed by atoms with Crippen LogP contribution in [0.2, 0.25) is 0 Å². The molecule has 0 spiro atoms. The van der Waals surface area contributed by atoms with Gasteiger partial charge in [0.05, 0.1) is 24.6 Å². The summed E-state index contributed by atoms with van der Waals surface area (Å²) in [5.74, 6) is -9.37. The van der Waals surface area contributed by atoms with E-state index in [1.165, 1.54) is 44.1 Å². The highest BCUT2D eigenvalue weighted by molar-refractivity contribution is 6.32. The lowest BCUT2D eigenvalue weighted by Gasteiger charge is -2.52. The summed E-state index contributed by atoms with van der Waals surface area (Å²) in [6, 6.07) is 0.414. The van der Waals surface area contributed by atoms with Crippen molar-refractivity contribution in [2.75, 3.05) is 34.3 Å². The van der Waals surface area contributed by atoms with Crippen molar-refractivity contribution >= 4 is 29.0 Å². The summed E-state index contributed by atoms with van der Waals surface area (Å²) in [5, 5.41) is 23.1. The SMILES string of the molecule is CCC1(CN(Cc2cc(O)c3c(c2OC)C[C@H]2C[C@H]4[C@H](N(C)C)C(=O)C(C(N)=O)C(=O)[C@@]4(O)C(=O)C2C3=O)CC2CC2)CCC1. The van der Waals surface area contributed by atoms with Crippen LogP contribution in [0.4, 0.5) is 0 Å². The number of likely N-dealkylation sites (N-methyl/N-ethyl adjacent to an activating group) is 1. The number of phenolic OH excluding ortho intramolecular Hbond substituents is 1. The lowest BCUT2D eigenvalue weighted by atomic mass is 9.52. The molecule has 1 aromatic carbocycles. The minimum absolute atomic E-state index is 0.00483. The topological polar surface area (TPSA) is 168 Å². The molecule has 11 heteroatoms. The molecule has 45 heavy (non-hydrogen) atoms. The highest BCUT2D eigenvalue weighted by Gasteiger charge is 2.69. The largest absolute Gasteiger partial charge is 0.507 e. The van der Waals surface area contributed by atoms with Gasteiger partial charge in [-0.05, 0) is 82.4 Å². The van der Waals surface area contributed by atoms with E-state index in [2.05, 4.69) is 11.8 Å². The summed E-state index contributed by atoms with van der Waals surface area (Å²) in [6.45, 7) is 4.71. The van der Waals surface area contributed by atoms with Gasteiger partial charge in [0.25, 0.3) is 0 Å². The number of phenols is 1. The molecule has 0 radical (unpaired) electrons. The van der Waals surface area contributed by atoms with Crippen molar-refractivity contribution in [1.82, 2.24) is 9.80 Å². The number of amides is 1. The summed E-state index contributed by atoms with van der Waals surface area (Å²) in [4.78, 5) is 71.1. The third-order valence-corrected chi connectivity index (χ3v) is 11.6. The minimum atomic E-state index is -2.74. The molecule has 0 aliphatic heterocycles. The lowest BCUT2D eigenvalue weighted by molar-refractivity contribution is -0.181. The zero-order valence-corrected chi connectivity index (χ0v) is 26.6. The number of methoxy groups -OCH3 is 1. The van der Waals surface area contributed by atoms with Gasteiger partial charge in [-0.15, -0.1) is 0 Å². The molecule has 6 atom stereocenters. The minimum Gasteiger partial charge on any atom is -0.507 e. The first-order valence-electron chi connectivity index (χ1n) is 16.3. The molecule has 4 N–H and O–H groups in total. The van der Waals surface area contributed by atoms with Crippen LogP contribution in [0.1, 0.15) is 73.4 Å². The summed E-state index contributed by atoms with van der Waals surface area (Å²) in [7, 11) is 4.68. The summed E-state index contributed by atoms with van der Waals surface area (Å²) < 4.78 is 5.94. The maximum atomic E-state index is 14.1. The summed E-state index contributed by atoms with van der Waals surface area (Å²) >= 11 is 0. The first-order chi connectivity index (χ1) is 21.3. The average molecular weight is 624 g/mol. The van der Waals surface area contributed by atoms with Crippen LogP contribution >= 0.6 is 0 Å². The van der Waals surface area contributed by atoms with E-state index in [9.17, 15) is 34.2 Å². The van der Waals surface area contributed by atoms with E-state index in [4.69, 9.17) is 10.5 Å². The number of hydrogen-bond donors (Lipinski definition) is 3. The van der Waals surface area contributed by atoms with Crippen LogP contribution < -0.4 is 10.5 Å². The second kappa shape index (κ2) is 11.3. The van der Waals surface area contributed by atoms with Gasteiger partial charge in [-0.25, -0.2) is 0 Å². The maximum absolute atomic E-state index is 14.1. The van der Waals surface area contributed by atoms with Crippen molar-refractivity contribution in [3.05, 3.63) is 22.8 Å². The van der Waals surface area contributed by atoms with Gasteiger partial charge in [0.15, 0.2) is 34.7 Å². The maximum Gasteiger partial charge on any atom is 0.235 e. The number of carbonyl (C=O) groups excluding carboxylic acids is 5. The molecule has 4 fully saturated rings. The van der Waals surface area contributed by atoms with Gasteiger partial charge in [-0.2, -0.15) is 0 Å². The highest BCUT2D eigenvalue weighted by Crippen LogP contribution is 2.53. The monoisotopic (exact) mass is 623 g/mol. The molecule has 1 amide bonds.